The second-order valence-electron chi connectivity index (χ2n) is 5.07. The van der Waals surface area contributed by atoms with E-state index in [4.69, 9.17) is 16.3 Å². The number of pyridine rings is 1. The number of carbonyl (C=O) groups is 1. The number of thioether (sulfide) groups is 1. The molecule has 2 aromatic rings. The van der Waals surface area contributed by atoms with E-state index in [1.165, 1.54) is 24.4 Å². The summed E-state index contributed by atoms with van der Waals surface area (Å²) in [7, 11) is 0. The van der Waals surface area contributed by atoms with Crippen LogP contribution >= 0.6 is 23.4 Å². The molecular weight excluding hydrogens is 339 g/mol. The molecule has 1 aliphatic rings. The third-order valence-corrected chi connectivity index (χ3v) is 4.77. The first-order valence-corrected chi connectivity index (χ1v) is 8.62. The Labute approximate surface area is 142 Å². The summed E-state index contributed by atoms with van der Waals surface area (Å²) in [6.45, 7) is 0. The first-order chi connectivity index (χ1) is 11.1. The first-order valence-electron chi connectivity index (χ1n) is 7.08. The van der Waals surface area contributed by atoms with Gasteiger partial charge in [-0.25, -0.2) is 9.37 Å². The highest BCUT2D eigenvalue weighted by Gasteiger charge is 2.17. The fourth-order valence-corrected chi connectivity index (χ4v) is 3.41. The zero-order valence-electron chi connectivity index (χ0n) is 12.1. The van der Waals surface area contributed by atoms with Gasteiger partial charge in [0.2, 0.25) is 5.88 Å². The normalized spacial score (nSPS) is 17.0. The molecule has 1 aliphatic heterocycles. The molecule has 1 atom stereocenters. The number of benzene rings is 1. The van der Waals surface area contributed by atoms with Gasteiger partial charge in [0, 0.05) is 23.7 Å². The van der Waals surface area contributed by atoms with Crippen LogP contribution in [0.15, 0.2) is 36.5 Å². The molecule has 1 aromatic heterocycles. The Morgan fingerprint density at radius 3 is 2.91 bits per heavy atom. The van der Waals surface area contributed by atoms with E-state index in [-0.39, 0.29) is 17.0 Å². The molecule has 1 amide bonds. The summed E-state index contributed by atoms with van der Waals surface area (Å²) in [5.74, 6) is 1.71. The number of nitrogens with zero attached hydrogens (tertiary/aromatic N) is 1. The highest BCUT2D eigenvalue weighted by molar-refractivity contribution is 7.99. The summed E-state index contributed by atoms with van der Waals surface area (Å²) in [6.07, 6.45) is 2.66. The number of halogens is 2. The van der Waals surface area contributed by atoms with Crippen molar-refractivity contribution in [3.05, 3.63) is 52.9 Å². The Kier molecular flexibility index (Phi) is 5.03. The van der Waals surface area contributed by atoms with Crippen LogP contribution in [0.3, 0.4) is 0 Å². The van der Waals surface area contributed by atoms with Crippen LogP contribution in [0.2, 0.25) is 5.02 Å². The van der Waals surface area contributed by atoms with Gasteiger partial charge >= 0.3 is 0 Å². The van der Waals surface area contributed by atoms with Gasteiger partial charge in [-0.3, -0.25) is 4.79 Å². The van der Waals surface area contributed by atoms with Crippen molar-refractivity contribution in [1.29, 1.82) is 0 Å². The fraction of sp³-hybridized carbons (Fsp3) is 0.250. The largest absolute Gasteiger partial charge is 0.473 e. The second-order valence-corrected chi connectivity index (χ2v) is 6.63. The zero-order valence-corrected chi connectivity index (χ0v) is 13.7. The van der Waals surface area contributed by atoms with E-state index >= 15 is 0 Å². The van der Waals surface area contributed by atoms with E-state index in [0.717, 1.165) is 17.9 Å². The molecular formula is C16H14ClFN2O2S. The number of amides is 1. The Balaban J connectivity index is 1.63. The van der Waals surface area contributed by atoms with Crippen LogP contribution in [-0.4, -0.2) is 28.5 Å². The molecule has 1 aromatic carbocycles. The van der Waals surface area contributed by atoms with Gasteiger partial charge in [0.1, 0.15) is 11.9 Å². The van der Waals surface area contributed by atoms with Crippen molar-refractivity contribution in [3.8, 4) is 5.88 Å². The van der Waals surface area contributed by atoms with E-state index in [9.17, 15) is 9.18 Å². The van der Waals surface area contributed by atoms with Crippen LogP contribution in [-0.2, 0) is 0 Å². The summed E-state index contributed by atoms with van der Waals surface area (Å²) in [6, 6.07) is 7.33. The van der Waals surface area contributed by atoms with Crippen molar-refractivity contribution in [2.75, 3.05) is 16.8 Å². The minimum absolute atomic E-state index is 0.0425. The van der Waals surface area contributed by atoms with Gasteiger partial charge < -0.3 is 10.1 Å². The van der Waals surface area contributed by atoms with Gasteiger partial charge in [0.15, 0.2) is 0 Å². The maximum atomic E-state index is 13.1. The van der Waals surface area contributed by atoms with Gasteiger partial charge in [-0.1, -0.05) is 11.6 Å². The van der Waals surface area contributed by atoms with E-state index in [1.54, 1.807) is 12.1 Å². The summed E-state index contributed by atoms with van der Waals surface area (Å²) in [5, 5.41) is 2.60. The molecule has 0 aliphatic carbocycles. The second kappa shape index (κ2) is 7.19. The minimum atomic E-state index is -0.530. The summed E-state index contributed by atoms with van der Waals surface area (Å²) >= 11 is 7.55. The molecule has 120 valence electrons. The van der Waals surface area contributed by atoms with Crippen molar-refractivity contribution in [1.82, 2.24) is 4.98 Å². The van der Waals surface area contributed by atoms with Gasteiger partial charge in [-0.2, -0.15) is 11.8 Å². The van der Waals surface area contributed by atoms with Crippen molar-refractivity contribution >= 4 is 35.0 Å². The molecule has 0 spiro atoms. The summed E-state index contributed by atoms with van der Waals surface area (Å²) < 4.78 is 18.8. The van der Waals surface area contributed by atoms with Crippen LogP contribution in [0, 0.1) is 5.82 Å². The number of anilines is 1. The van der Waals surface area contributed by atoms with Crippen molar-refractivity contribution in [3.63, 3.8) is 0 Å². The maximum absolute atomic E-state index is 13.1. The number of carbonyl (C=O) groups excluding carboxylic acids is 1. The molecule has 23 heavy (non-hydrogen) atoms. The summed E-state index contributed by atoms with van der Waals surface area (Å²) in [5.41, 5.74) is 0.809. The van der Waals surface area contributed by atoms with Crippen LogP contribution in [0.25, 0.3) is 0 Å². The Bertz CT molecular complexity index is 706. The lowest BCUT2D eigenvalue weighted by Crippen LogP contribution is -2.16. The zero-order chi connectivity index (χ0) is 16.2. The van der Waals surface area contributed by atoms with Gasteiger partial charge in [-0.15, -0.1) is 0 Å². The molecule has 2 heterocycles. The standard InChI is InChI=1S/C16H14ClFN2O2S/c17-13-7-11(2-3-14(13)18)20-16(21)10-1-4-15(19-8-10)22-12-5-6-23-9-12/h1-4,7-8,12H,5-6,9H2,(H,20,21)/t12-/m1/s1. The SMILES string of the molecule is O=C(Nc1ccc(F)c(Cl)c1)c1ccc(O[C@@H]2CCSC2)nc1. The lowest BCUT2D eigenvalue weighted by molar-refractivity contribution is 0.102. The Hall–Kier alpha value is -1.79. The first kappa shape index (κ1) is 16.1. The maximum Gasteiger partial charge on any atom is 0.257 e. The molecule has 1 N–H and O–H groups in total. The number of ether oxygens (including phenoxy) is 1. The molecule has 0 radical (unpaired) electrons. The number of hydrogen-bond donors (Lipinski definition) is 1. The smallest absolute Gasteiger partial charge is 0.257 e. The van der Waals surface area contributed by atoms with E-state index in [1.807, 2.05) is 11.8 Å². The fourth-order valence-electron chi connectivity index (χ4n) is 2.14. The predicted octanol–water partition coefficient (Wildman–Crippen LogP) is 4.01. The third kappa shape index (κ3) is 4.14. The molecule has 1 fully saturated rings. The van der Waals surface area contributed by atoms with Crippen molar-refractivity contribution in [2.24, 2.45) is 0 Å². The highest BCUT2D eigenvalue weighted by atomic mass is 35.5. The Morgan fingerprint density at radius 1 is 1.39 bits per heavy atom. The third-order valence-electron chi connectivity index (χ3n) is 3.35. The lowest BCUT2D eigenvalue weighted by atomic mass is 10.2. The van der Waals surface area contributed by atoms with Gasteiger partial charge in [-0.05, 0) is 36.4 Å². The molecule has 0 unspecified atom stereocenters. The van der Waals surface area contributed by atoms with E-state index in [0.29, 0.717) is 17.1 Å². The molecule has 0 saturated carbocycles. The predicted molar refractivity (Wildman–Crippen MR) is 90.0 cm³/mol. The number of rotatable bonds is 4. The van der Waals surface area contributed by atoms with Crippen LogP contribution in [0.5, 0.6) is 5.88 Å². The molecule has 1 saturated heterocycles. The van der Waals surface area contributed by atoms with Crippen molar-refractivity contribution in [2.45, 2.75) is 12.5 Å². The van der Waals surface area contributed by atoms with E-state index < -0.39 is 5.82 Å². The number of nitrogens with one attached hydrogen (secondary N) is 1. The summed E-state index contributed by atoms with van der Waals surface area (Å²) in [4.78, 5) is 16.3. The Morgan fingerprint density at radius 2 is 2.26 bits per heavy atom. The van der Waals surface area contributed by atoms with Gasteiger partial charge in [0.25, 0.3) is 5.91 Å². The van der Waals surface area contributed by atoms with E-state index in [2.05, 4.69) is 10.3 Å². The average molecular weight is 353 g/mol. The lowest BCUT2D eigenvalue weighted by Gasteiger charge is -2.11. The number of aromatic nitrogens is 1. The van der Waals surface area contributed by atoms with Crippen LogP contribution < -0.4 is 10.1 Å². The number of hydrogen-bond acceptors (Lipinski definition) is 4. The molecule has 4 nitrogen and oxygen atoms in total. The monoisotopic (exact) mass is 352 g/mol. The van der Waals surface area contributed by atoms with Crippen LogP contribution in [0.1, 0.15) is 16.8 Å². The van der Waals surface area contributed by atoms with Crippen LogP contribution in [0.4, 0.5) is 10.1 Å². The molecule has 7 heteroatoms. The average Bonchev–Trinajstić information content (AvgIpc) is 3.04. The quantitative estimate of drug-likeness (QED) is 0.903. The highest BCUT2D eigenvalue weighted by Crippen LogP contribution is 2.22. The molecule has 0 bridgehead atoms. The minimum Gasteiger partial charge on any atom is -0.473 e. The molecule has 3 rings (SSSR count). The topological polar surface area (TPSA) is 51.2 Å². The van der Waals surface area contributed by atoms with Gasteiger partial charge in [0.05, 0.1) is 10.6 Å². The van der Waals surface area contributed by atoms with Crippen molar-refractivity contribution < 1.29 is 13.9 Å².